The van der Waals surface area contributed by atoms with Crippen molar-refractivity contribution in [2.45, 2.75) is 36.2 Å². The van der Waals surface area contributed by atoms with Crippen LogP contribution in [0, 0.1) is 0 Å². The molecule has 0 aliphatic heterocycles. The van der Waals surface area contributed by atoms with Crippen LogP contribution < -0.4 is 0 Å². The highest BCUT2D eigenvalue weighted by Gasteiger charge is 2.18. The van der Waals surface area contributed by atoms with E-state index in [1.807, 2.05) is 31.2 Å². The second kappa shape index (κ2) is 8.19. The van der Waals surface area contributed by atoms with Crippen molar-refractivity contribution in [3.05, 3.63) is 29.8 Å². The molecule has 0 bridgehead atoms. The summed E-state index contributed by atoms with van der Waals surface area (Å²) in [5, 5.41) is 8.73. The lowest BCUT2D eigenvalue weighted by Gasteiger charge is -2.15. The van der Waals surface area contributed by atoms with Gasteiger partial charge >= 0.3 is 5.97 Å². The van der Waals surface area contributed by atoms with Gasteiger partial charge in [0, 0.05) is 24.7 Å². The number of carbonyl (C=O) groups is 1. The van der Waals surface area contributed by atoms with E-state index in [-0.39, 0.29) is 6.29 Å². The first-order chi connectivity index (χ1) is 9.12. The fourth-order valence-corrected chi connectivity index (χ4v) is 2.81. The van der Waals surface area contributed by atoms with Crippen molar-refractivity contribution in [1.29, 1.82) is 0 Å². The lowest BCUT2D eigenvalue weighted by atomic mass is 10.2. The number of hydrogen-bond acceptors (Lipinski definition) is 4. The molecular formula is C14H20O4S. The molecule has 1 aromatic carbocycles. The predicted octanol–water partition coefficient (Wildman–Crippen LogP) is 3.32. The Kier molecular flexibility index (Phi) is 6.91. The molecule has 1 aromatic rings. The molecule has 0 aliphatic rings. The number of benzene rings is 1. The van der Waals surface area contributed by atoms with Gasteiger partial charge in [-0.25, -0.2) is 0 Å². The highest BCUT2D eigenvalue weighted by molar-refractivity contribution is 8.00. The van der Waals surface area contributed by atoms with E-state index in [1.165, 1.54) is 11.8 Å². The molecule has 0 radical (unpaired) electrons. The molecule has 1 unspecified atom stereocenters. The van der Waals surface area contributed by atoms with Crippen LogP contribution >= 0.6 is 11.8 Å². The molecule has 1 N–H and O–H groups in total. The number of carboxylic acids is 1. The van der Waals surface area contributed by atoms with E-state index in [1.54, 1.807) is 14.2 Å². The Morgan fingerprint density at radius 3 is 2.26 bits per heavy atom. The highest BCUT2D eigenvalue weighted by Crippen LogP contribution is 2.28. The zero-order valence-electron chi connectivity index (χ0n) is 11.5. The number of thioether (sulfide) groups is 1. The van der Waals surface area contributed by atoms with Crippen LogP contribution in [0.15, 0.2) is 29.2 Å². The highest BCUT2D eigenvalue weighted by atomic mass is 32.2. The largest absolute Gasteiger partial charge is 0.480 e. The molecule has 1 atom stereocenters. The van der Waals surface area contributed by atoms with E-state index >= 15 is 0 Å². The normalized spacial score (nSPS) is 12.6. The fraction of sp³-hybridized carbons (Fsp3) is 0.500. The van der Waals surface area contributed by atoms with Crippen molar-refractivity contribution in [2.75, 3.05) is 14.2 Å². The first kappa shape index (κ1) is 16.0. The molecule has 0 aromatic heterocycles. The van der Waals surface area contributed by atoms with Gasteiger partial charge in [0.1, 0.15) is 5.25 Å². The molecule has 0 heterocycles. The number of methoxy groups -OCH3 is 2. The third kappa shape index (κ3) is 4.86. The molecule has 1 rings (SSSR count). The lowest BCUT2D eigenvalue weighted by Crippen LogP contribution is -2.15. The molecule has 106 valence electrons. The standard InChI is InChI=1S/C14H20O4S/c1-4-5-12(13(15)16)19-11-8-6-10(7-9-11)14(17-2)18-3/h6-9,12,14H,4-5H2,1-3H3,(H,15,16). The Morgan fingerprint density at radius 2 is 1.84 bits per heavy atom. The van der Waals surface area contributed by atoms with Gasteiger partial charge in [-0.3, -0.25) is 4.79 Å². The van der Waals surface area contributed by atoms with Crippen LogP contribution in [0.1, 0.15) is 31.6 Å². The van der Waals surface area contributed by atoms with Crippen LogP contribution in [-0.4, -0.2) is 30.5 Å². The average Bonchev–Trinajstić information content (AvgIpc) is 2.41. The monoisotopic (exact) mass is 284 g/mol. The van der Waals surface area contributed by atoms with Gasteiger partial charge in [0.25, 0.3) is 0 Å². The summed E-state index contributed by atoms with van der Waals surface area (Å²) in [5.74, 6) is -0.761. The molecule has 0 amide bonds. The fourth-order valence-electron chi connectivity index (χ4n) is 1.73. The second-order valence-corrected chi connectivity index (χ2v) is 5.38. The minimum Gasteiger partial charge on any atom is -0.480 e. The first-order valence-corrected chi connectivity index (χ1v) is 7.05. The molecule has 0 spiro atoms. The topological polar surface area (TPSA) is 55.8 Å². The summed E-state index contributed by atoms with van der Waals surface area (Å²) in [7, 11) is 3.16. The van der Waals surface area contributed by atoms with Crippen molar-refractivity contribution < 1.29 is 19.4 Å². The molecule has 19 heavy (non-hydrogen) atoms. The first-order valence-electron chi connectivity index (χ1n) is 6.17. The maximum Gasteiger partial charge on any atom is 0.316 e. The minimum absolute atomic E-state index is 0.384. The van der Waals surface area contributed by atoms with E-state index in [4.69, 9.17) is 14.6 Å². The van der Waals surface area contributed by atoms with Crippen LogP contribution in [-0.2, 0) is 14.3 Å². The zero-order chi connectivity index (χ0) is 14.3. The van der Waals surface area contributed by atoms with Crippen molar-refractivity contribution in [3.63, 3.8) is 0 Å². The van der Waals surface area contributed by atoms with Crippen molar-refractivity contribution in [3.8, 4) is 0 Å². The Labute approximate surface area is 118 Å². The smallest absolute Gasteiger partial charge is 0.316 e. The molecule has 0 fully saturated rings. The second-order valence-electron chi connectivity index (χ2n) is 4.11. The van der Waals surface area contributed by atoms with Crippen LogP contribution in [0.2, 0.25) is 0 Å². The summed E-state index contributed by atoms with van der Waals surface area (Å²) in [6.07, 6.45) is 1.14. The van der Waals surface area contributed by atoms with Crippen LogP contribution in [0.5, 0.6) is 0 Å². The number of aliphatic carboxylic acids is 1. The van der Waals surface area contributed by atoms with Crippen LogP contribution in [0.4, 0.5) is 0 Å². The van der Waals surface area contributed by atoms with Crippen molar-refractivity contribution in [2.24, 2.45) is 0 Å². The predicted molar refractivity (Wildman–Crippen MR) is 75.4 cm³/mol. The Hall–Kier alpha value is -1.04. The summed E-state index contributed by atoms with van der Waals surface area (Å²) >= 11 is 1.38. The Morgan fingerprint density at radius 1 is 1.26 bits per heavy atom. The van der Waals surface area contributed by atoms with Gasteiger partial charge in [-0.1, -0.05) is 25.5 Å². The number of ether oxygens (including phenoxy) is 2. The van der Waals surface area contributed by atoms with Gasteiger partial charge in [0.05, 0.1) is 0 Å². The van der Waals surface area contributed by atoms with E-state index in [2.05, 4.69) is 0 Å². The third-order valence-corrected chi connectivity index (χ3v) is 3.95. The molecule has 4 nitrogen and oxygen atoms in total. The van der Waals surface area contributed by atoms with E-state index in [0.717, 1.165) is 16.9 Å². The van der Waals surface area contributed by atoms with Crippen LogP contribution in [0.25, 0.3) is 0 Å². The Bertz CT molecular complexity index is 387. The molecule has 5 heteroatoms. The number of rotatable bonds is 8. The lowest BCUT2D eigenvalue weighted by molar-refractivity contribution is -0.136. The minimum atomic E-state index is -0.761. The van der Waals surface area contributed by atoms with E-state index < -0.39 is 11.2 Å². The van der Waals surface area contributed by atoms with Gasteiger partial charge in [0.2, 0.25) is 0 Å². The van der Waals surface area contributed by atoms with E-state index in [9.17, 15) is 4.79 Å². The zero-order valence-corrected chi connectivity index (χ0v) is 12.3. The Balaban J connectivity index is 2.72. The summed E-state index contributed by atoms with van der Waals surface area (Å²) in [6, 6.07) is 7.59. The van der Waals surface area contributed by atoms with E-state index in [0.29, 0.717) is 6.42 Å². The molecule has 0 saturated heterocycles. The van der Waals surface area contributed by atoms with Crippen molar-refractivity contribution >= 4 is 17.7 Å². The van der Waals surface area contributed by atoms with Crippen molar-refractivity contribution in [1.82, 2.24) is 0 Å². The summed E-state index contributed by atoms with van der Waals surface area (Å²) in [6.45, 7) is 1.99. The molecule has 0 saturated carbocycles. The summed E-state index contributed by atoms with van der Waals surface area (Å²) in [5.41, 5.74) is 0.914. The molecular weight excluding hydrogens is 264 g/mol. The summed E-state index contributed by atoms with van der Waals surface area (Å²) < 4.78 is 10.3. The van der Waals surface area contributed by atoms with Gasteiger partial charge in [-0.15, -0.1) is 11.8 Å². The SMILES string of the molecule is CCCC(Sc1ccc(C(OC)OC)cc1)C(=O)O. The van der Waals surface area contributed by atoms with Gasteiger partial charge in [-0.2, -0.15) is 0 Å². The molecule has 0 aliphatic carbocycles. The van der Waals surface area contributed by atoms with Gasteiger partial charge in [-0.05, 0) is 18.6 Å². The van der Waals surface area contributed by atoms with Gasteiger partial charge < -0.3 is 14.6 Å². The third-order valence-electron chi connectivity index (χ3n) is 2.69. The maximum absolute atomic E-state index is 11.1. The summed E-state index contributed by atoms with van der Waals surface area (Å²) in [4.78, 5) is 12.0. The number of carboxylic acid groups (broad SMARTS) is 1. The number of hydrogen-bond donors (Lipinski definition) is 1. The average molecular weight is 284 g/mol. The van der Waals surface area contributed by atoms with Crippen LogP contribution in [0.3, 0.4) is 0 Å². The maximum atomic E-state index is 11.1. The van der Waals surface area contributed by atoms with Gasteiger partial charge in [0.15, 0.2) is 6.29 Å². The quantitative estimate of drug-likeness (QED) is 0.586.